The monoisotopic (exact) mass is 421 g/mol. The molecule has 1 fully saturated rings. The van der Waals surface area contributed by atoms with Gasteiger partial charge in [0, 0.05) is 5.39 Å². The lowest BCUT2D eigenvalue weighted by atomic mass is 9.97. The van der Waals surface area contributed by atoms with Crippen molar-refractivity contribution in [3.8, 4) is 0 Å². The van der Waals surface area contributed by atoms with Crippen LogP contribution in [0.2, 0.25) is 0 Å². The quantitative estimate of drug-likeness (QED) is 0.341. The number of fused-ring (bicyclic) bond motifs is 1. The number of carboxylic acid groups (broad SMARTS) is 1. The van der Waals surface area contributed by atoms with Crippen LogP contribution in [0.1, 0.15) is 18.4 Å². The van der Waals surface area contributed by atoms with Crippen molar-refractivity contribution in [1.82, 2.24) is 0 Å². The number of nitrogens with zero attached hydrogens (tertiary/aromatic N) is 1. The molecule has 0 radical (unpaired) electrons. The fraction of sp³-hybridized carbons (Fsp3) is 0.235. The Morgan fingerprint density at radius 2 is 1.84 bits per heavy atom. The SMILES string of the molecule is N=C(Br)N(C(=N)SCC(=O)O)c1ccc(C2(O)CC2)c2ccccc12. The first-order valence-corrected chi connectivity index (χ1v) is 9.33. The number of anilines is 1. The summed E-state index contributed by atoms with van der Waals surface area (Å²) in [6.45, 7) is 0. The van der Waals surface area contributed by atoms with E-state index < -0.39 is 11.6 Å². The second kappa shape index (κ2) is 6.78. The van der Waals surface area contributed by atoms with Crippen LogP contribution in [-0.2, 0) is 10.4 Å². The molecule has 0 bridgehead atoms. The fourth-order valence-electron chi connectivity index (χ4n) is 2.77. The molecule has 0 aromatic heterocycles. The van der Waals surface area contributed by atoms with Gasteiger partial charge in [-0.3, -0.25) is 20.5 Å². The van der Waals surface area contributed by atoms with E-state index in [1.165, 1.54) is 4.90 Å². The third-order valence-corrected chi connectivity index (χ3v) is 5.30. The van der Waals surface area contributed by atoms with Crippen LogP contribution in [-0.4, -0.2) is 31.8 Å². The minimum absolute atomic E-state index is 0.0570. The van der Waals surface area contributed by atoms with Gasteiger partial charge < -0.3 is 10.2 Å². The van der Waals surface area contributed by atoms with Crippen LogP contribution in [0.15, 0.2) is 36.4 Å². The summed E-state index contributed by atoms with van der Waals surface area (Å²) in [6, 6.07) is 11.1. The fourth-order valence-corrected chi connectivity index (χ4v) is 3.84. The molecular formula is C17H16BrN3O3S. The van der Waals surface area contributed by atoms with Crippen molar-refractivity contribution in [2.24, 2.45) is 0 Å². The number of benzene rings is 2. The first kappa shape index (κ1) is 17.9. The van der Waals surface area contributed by atoms with E-state index in [2.05, 4.69) is 15.9 Å². The highest BCUT2D eigenvalue weighted by Gasteiger charge is 2.43. The number of nitrogens with one attached hydrogen (secondary N) is 2. The Bertz CT molecular complexity index is 883. The molecule has 2 aromatic rings. The number of aliphatic hydroxyl groups is 1. The smallest absolute Gasteiger partial charge is 0.313 e. The van der Waals surface area contributed by atoms with E-state index in [1.54, 1.807) is 6.07 Å². The molecule has 8 heteroatoms. The molecule has 0 saturated heterocycles. The molecule has 1 aliphatic rings. The molecule has 6 nitrogen and oxygen atoms in total. The van der Waals surface area contributed by atoms with E-state index in [0.29, 0.717) is 5.69 Å². The molecule has 130 valence electrons. The number of hydrogen-bond donors (Lipinski definition) is 4. The van der Waals surface area contributed by atoms with Crippen molar-refractivity contribution >= 4 is 60.0 Å². The van der Waals surface area contributed by atoms with Crippen LogP contribution in [0, 0.1) is 10.8 Å². The molecule has 0 spiro atoms. The van der Waals surface area contributed by atoms with Crippen LogP contribution in [0.25, 0.3) is 10.8 Å². The van der Waals surface area contributed by atoms with Crippen LogP contribution in [0.3, 0.4) is 0 Å². The molecule has 1 saturated carbocycles. The molecule has 0 atom stereocenters. The Morgan fingerprint density at radius 1 is 1.20 bits per heavy atom. The van der Waals surface area contributed by atoms with Gasteiger partial charge in [0.1, 0.15) is 0 Å². The van der Waals surface area contributed by atoms with Gasteiger partial charge in [-0.2, -0.15) is 0 Å². The van der Waals surface area contributed by atoms with Crippen molar-refractivity contribution in [2.75, 3.05) is 10.7 Å². The highest BCUT2D eigenvalue weighted by atomic mass is 79.9. The molecule has 25 heavy (non-hydrogen) atoms. The Kier molecular flexibility index (Phi) is 4.86. The maximum absolute atomic E-state index is 10.8. The zero-order chi connectivity index (χ0) is 18.2. The van der Waals surface area contributed by atoms with E-state index in [9.17, 15) is 9.90 Å². The first-order chi connectivity index (χ1) is 11.8. The maximum atomic E-state index is 10.8. The Morgan fingerprint density at radius 3 is 2.40 bits per heavy atom. The van der Waals surface area contributed by atoms with Crippen molar-refractivity contribution in [1.29, 1.82) is 10.8 Å². The lowest BCUT2D eigenvalue weighted by molar-refractivity contribution is -0.133. The van der Waals surface area contributed by atoms with Gasteiger partial charge >= 0.3 is 5.97 Å². The summed E-state index contributed by atoms with van der Waals surface area (Å²) in [5, 5.41) is 37.1. The summed E-state index contributed by atoms with van der Waals surface area (Å²) < 4.78 is -0.0570. The number of thioether (sulfide) groups is 1. The minimum atomic E-state index is -1.02. The number of carboxylic acids is 1. The standard InChI is InChI=1S/C17H16BrN3O3S/c18-15(19)21(16(20)25-9-14(22)23)13-6-5-12(17(24)7-8-17)10-3-1-2-4-11(10)13/h1-6,19-20,24H,7-9H2,(H,22,23). The van der Waals surface area contributed by atoms with Crippen LogP contribution in [0.5, 0.6) is 0 Å². The predicted molar refractivity (Wildman–Crippen MR) is 104 cm³/mol. The third-order valence-electron chi connectivity index (χ3n) is 4.10. The predicted octanol–water partition coefficient (Wildman–Crippen LogP) is 3.71. The van der Waals surface area contributed by atoms with Crippen molar-refractivity contribution in [3.63, 3.8) is 0 Å². The van der Waals surface area contributed by atoms with Gasteiger partial charge in [0.05, 0.1) is 17.0 Å². The maximum Gasteiger partial charge on any atom is 0.313 e. The first-order valence-electron chi connectivity index (χ1n) is 7.55. The van der Waals surface area contributed by atoms with Gasteiger partial charge in [-0.15, -0.1) is 0 Å². The Hall–Kier alpha value is -1.90. The summed E-state index contributed by atoms with van der Waals surface area (Å²) in [6.07, 6.45) is 1.44. The number of hydrogen-bond acceptors (Lipinski definition) is 5. The molecule has 0 aliphatic heterocycles. The van der Waals surface area contributed by atoms with Gasteiger partial charge in [0.15, 0.2) is 9.91 Å². The Balaban J connectivity index is 2.08. The minimum Gasteiger partial charge on any atom is -0.481 e. The molecule has 0 amide bonds. The molecule has 2 aromatic carbocycles. The van der Waals surface area contributed by atoms with Crippen LogP contribution >= 0.6 is 27.7 Å². The summed E-state index contributed by atoms with van der Waals surface area (Å²) in [5.74, 6) is -1.28. The van der Waals surface area contributed by atoms with Crippen molar-refractivity contribution < 1.29 is 15.0 Å². The van der Waals surface area contributed by atoms with Gasteiger partial charge in [0.25, 0.3) is 0 Å². The topological polar surface area (TPSA) is 108 Å². The zero-order valence-electron chi connectivity index (χ0n) is 13.1. The summed E-state index contributed by atoms with van der Waals surface area (Å²) in [5.41, 5.74) is 0.641. The highest BCUT2D eigenvalue weighted by Crippen LogP contribution is 2.49. The van der Waals surface area contributed by atoms with Crippen molar-refractivity contribution in [3.05, 3.63) is 42.0 Å². The molecular weight excluding hydrogens is 406 g/mol. The number of aliphatic carboxylic acids is 1. The van der Waals surface area contributed by atoms with Crippen LogP contribution in [0.4, 0.5) is 5.69 Å². The van der Waals surface area contributed by atoms with Gasteiger partial charge in [0.2, 0.25) is 0 Å². The van der Waals surface area contributed by atoms with Gasteiger partial charge in [-0.1, -0.05) is 42.1 Å². The van der Waals surface area contributed by atoms with Crippen LogP contribution < -0.4 is 4.90 Å². The van der Waals surface area contributed by atoms with E-state index in [4.69, 9.17) is 15.9 Å². The van der Waals surface area contributed by atoms with E-state index in [0.717, 1.165) is 40.9 Å². The normalized spacial score (nSPS) is 15.0. The second-order valence-corrected chi connectivity index (χ2v) is 7.54. The number of halogens is 1. The average Bonchev–Trinajstić information content (AvgIpc) is 3.31. The number of rotatable bonds is 4. The second-order valence-electron chi connectivity index (χ2n) is 5.82. The summed E-state index contributed by atoms with van der Waals surface area (Å²) in [7, 11) is 0. The van der Waals surface area contributed by atoms with E-state index in [-0.39, 0.29) is 15.7 Å². The number of carbonyl (C=O) groups is 1. The van der Waals surface area contributed by atoms with E-state index in [1.807, 2.05) is 30.3 Å². The highest BCUT2D eigenvalue weighted by molar-refractivity contribution is 9.18. The Labute approximate surface area is 157 Å². The van der Waals surface area contributed by atoms with Crippen molar-refractivity contribution in [2.45, 2.75) is 18.4 Å². The largest absolute Gasteiger partial charge is 0.481 e. The zero-order valence-corrected chi connectivity index (χ0v) is 15.5. The van der Waals surface area contributed by atoms with Gasteiger partial charge in [-0.05, 0) is 45.8 Å². The third kappa shape index (κ3) is 3.56. The molecule has 4 N–H and O–H groups in total. The molecule has 0 heterocycles. The molecule has 1 aliphatic carbocycles. The molecule has 0 unspecified atom stereocenters. The lowest BCUT2D eigenvalue weighted by Gasteiger charge is -2.25. The van der Waals surface area contributed by atoms with E-state index >= 15 is 0 Å². The van der Waals surface area contributed by atoms with Gasteiger partial charge in [-0.25, -0.2) is 0 Å². The summed E-state index contributed by atoms with van der Waals surface area (Å²) in [4.78, 5) is 12.1. The average molecular weight is 422 g/mol. The number of amidine groups is 2. The summed E-state index contributed by atoms with van der Waals surface area (Å²) >= 11 is 3.94. The molecule has 3 rings (SSSR count). The lowest BCUT2D eigenvalue weighted by Crippen LogP contribution is -2.31.